The average Bonchev–Trinajstić information content (AvgIpc) is 2.25. The van der Waals surface area contributed by atoms with E-state index in [1.807, 2.05) is 19.2 Å². The Balaban J connectivity index is 2.97. The molecule has 1 nitrogen and oxygen atoms in total. The van der Waals surface area contributed by atoms with Crippen molar-refractivity contribution in [2.45, 2.75) is 38.4 Å². The van der Waals surface area contributed by atoms with Gasteiger partial charge in [0.05, 0.1) is 0 Å². The van der Waals surface area contributed by atoms with Gasteiger partial charge in [0.25, 0.3) is 0 Å². The summed E-state index contributed by atoms with van der Waals surface area (Å²) in [5, 5.41) is 0. The fraction of sp³-hybridized carbons (Fsp3) is 0.429. The van der Waals surface area contributed by atoms with Crippen LogP contribution in [-0.4, -0.2) is 13.1 Å². The molecule has 1 rings (SSSR count). The standard InChI is InChI=1S/C14H22OSi/c1-5-7-14(16(3,4)15)13-10-8-12(6-2)9-11-13/h6,8-11,14-15H,2,5,7H2,1,3-4H3. The van der Waals surface area contributed by atoms with Crippen molar-refractivity contribution in [3.05, 3.63) is 42.0 Å². The van der Waals surface area contributed by atoms with Crippen LogP contribution in [0.2, 0.25) is 13.1 Å². The van der Waals surface area contributed by atoms with Crippen molar-refractivity contribution < 1.29 is 4.80 Å². The molecule has 0 heterocycles. The highest BCUT2D eigenvalue weighted by atomic mass is 28.4. The molecule has 0 saturated carbocycles. The van der Waals surface area contributed by atoms with Gasteiger partial charge in [-0.2, -0.15) is 0 Å². The van der Waals surface area contributed by atoms with Gasteiger partial charge in [-0.1, -0.05) is 50.3 Å². The van der Waals surface area contributed by atoms with Crippen LogP contribution in [0, 0.1) is 0 Å². The number of benzene rings is 1. The number of hydrogen-bond acceptors (Lipinski definition) is 1. The van der Waals surface area contributed by atoms with Crippen molar-refractivity contribution >= 4 is 14.4 Å². The smallest absolute Gasteiger partial charge is 0.189 e. The normalized spacial score (nSPS) is 13.5. The topological polar surface area (TPSA) is 20.2 Å². The van der Waals surface area contributed by atoms with E-state index >= 15 is 0 Å². The van der Waals surface area contributed by atoms with E-state index in [1.165, 1.54) is 5.56 Å². The van der Waals surface area contributed by atoms with Crippen LogP contribution < -0.4 is 0 Å². The first-order valence-corrected chi connectivity index (χ1v) is 8.96. The number of hydrogen-bond donors (Lipinski definition) is 1. The van der Waals surface area contributed by atoms with Crippen molar-refractivity contribution in [1.82, 2.24) is 0 Å². The first kappa shape index (κ1) is 13.2. The van der Waals surface area contributed by atoms with Gasteiger partial charge in [-0.25, -0.2) is 0 Å². The summed E-state index contributed by atoms with van der Waals surface area (Å²) in [6, 6.07) is 8.40. The minimum Gasteiger partial charge on any atom is -0.432 e. The summed E-state index contributed by atoms with van der Waals surface area (Å²) in [7, 11) is -2.10. The minimum absolute atomic E-state index is 0.344. The predicted octanol–water partition coefficient (Wildman–Crippen LogP) is 3.95. The molecule has 2 heteroatoms. The Kier molecular flexibility index (Phi) is 4.51. The lowest BCUT2D eigenvalue weighted by molar-refractivity contribution is 0.514. The van der Waals surface area contributed by atoms with Crippen molar-refractivity contribution in [2.24, 2.45) is 0 Å². The summed E-state index contributed by atoms with van der Waals surface area (Å²) < 4.78 is 0. The van der Waals surface area contributed by atoms with Crippen LogP contribution in [0.25, 0.3) is 6.08 Å². The van der Waals surface area contributed by atoms with Crippen LogP contribution in [0.4, 0.5) is 0 Å². The maximum absolute atomic E-state index is 10.3. The zero-order chi connectivity index (χ0) is 12.2. The van der Waals surface area contributed by atoms with E-state index in [0.29, 0.717) is 5.54 Å². The van der Waals surface area contributed by atoms with Gasteiger partial charge in [-0.05, 0) is 30.6 Å². The SMILES string of the molecule is C=Cc1ccc(C(CCC)[Si](C)(C)O)cc1. The molecule has 16 heavy (non-hydrogen) atoms. The van der Waals surface area contributed by atoms with Crippen LogP contribution in [0.1, 0.15) is 36.4 Å². The van der Waals surface area contributed by atoms with Gasteiger partial charge >= 0.3 is 0 Å². The molecule has 0 saturated heterocycles. The predicted molar refractivity (Wildman–Crippen MR) is 73.9 cm³/mol. The van der Waals surface area contributed by atoms with Crippen molar-refractivity contribution in [3.63, 3.8) is 0 Å². The minimum atomic E-state index is -2.10. The van der Waals surface area contributed by atoms with Gasteiger partial charge in [0.2, 0.25) is 0 Å². The molecule has 88 valence electrons. The highest BCUT2D eigenvalue weighted by molar-refractivity contribution is 6.71. The van der Waals surface area contributed by atoms with Gasteiger partial charge in [0.1, 0.15) is 0 Å². The first-order chi connectivity index (χ1) is 7.49. The van der Waals surface area contributed by atoms with E-state index in [4.69, 9.17) is 0 Å². The van der Waals surface area contributed by atoms with Crippen molar-refractivity contribution in [2.75, 3.05) is 0 Å². The Hall–Kier alpha value is -0.863. The monoisotopic (exact) mass is 234 g/mol. The van der Waals surface area contributed by atoms with Crippen molar-refractivity contribution in [3.8, 4) is 0 Å². The number of rotatable bonds is 5. The molecule has 1 N–H and O–H groups in total. The van der Waals surface area contributed by atoms with Crippen LogP contribution in [0.15, 0.2) is 30.8 Å². The Morgan fingerprint density at radius 3 is 2.25 bits per heavy atom. The molecule has 0 aliphatic carbocycles. The molecule has 1 atom stereocenters. The molecule has 1 aromatic rings. The van der Waals surface area contributed by atoms with E-state index in [2.05, 4.69) is 37.8 Å². The molecule has 0 aliphatic heterocycles. The molecule has 0 bridgehead atoms. The van der Waals surface area contributed by atoms with Gasteiger partial charge < -0.3 is 4.80 Å². The van der Waals surface area contributed by atoms with E-state index in [-0.39, 0.29) is 0 Å². The van der Waals surface area contributed by atoms with Crippen LogP contribution in [0.5, 0.6) is 0 Å². The summed E-state index contributed by atoms with van der Waals surface area (Å²) in [5.41, 5.74) is 2.75. The molecule has 1 aromatic carbocycles. The molecule has 0 amide bonds. The second kappa shape index (κ2) is 5.46. The Labute approximate surface area is 100.0 Å². The third-order valence-corrected chi connectivity index (χ3v) is 5.33. The van der Waals surface area contributed by atoms with Crippen LogP contribution >= 0.6 is 0 Å². The zero-order valence-electron chi connectivity index (χ0n) is 10.5. The van der Waals surface area contributed by atoms with Gasteiger partial charge in [0.15, 0.2) is 8.32 Å². The maximum atomic E-state index is 10.3. The van der Waals surface area contributed by atoms with Crippen molar-refractivity contribution in [1.29, 1.82) is 0 Å². The zero-order valence-corrected chi connectivity index (χ0v) is 11.5. The third-order valence-electron chi connectivity index (χ3n) is 3.00. The quantitative estimate of drug-likeness (QED) is 0.765. The second-order valence-electron chi connectivity index (χ2n) is 4.87. The Morgan fingerprint density at radius 1 is 1.31 bits per heavy atom. The molecular weight excluding hydrogens is 212 g/mol. The largest absolute Gasteiger partial charge is 0.432 e. The van der Waals surface area contributed by atoms with Crippen LogP contribution in [-0.2, 0) is 0 Å². The van der Waals surface area contributed by atoms with Crippen LogP contribution in [0.3, 0.4) is 0 Å². The summed E-state index contributed by atoms with van der Waals surface area (Å²) >= 11 is 0. The first-order valence-electron chi connectivity index (χ1n) is 5.93. The second-order valence-corrected chi connectivity index (χ2v) is 8.87. The lowest BCUT2D eigenvalue weighted by Gasteiger charge is -2.27. The molecule has 0 aromatic heterocycles. The van der Waals surface area contributed by atoms with E-state index in [0.717, 1.165) is 18.4 Å². The molecular formula is C14H22OSi. The molecule has 1 unspecified atom stereocenters. The average molecular weight is 234 g/mol. The van der Waals surface area contributed by atoms with Gasteiger partial charge in [0, 0.05) is 5.54 Å². The Bertz CT molecular complexity index is 335. The summed E-state index contributed by atoms with van der Waals surface area (Å²) in [5.74, 6) is 0. The van der Waals surface area contributed by atoms with E-state index < -0.39 is 8.32 Å². The molecule has 0 fully saturated rings. The summed E-state index contributed by atoms with van der Waals surface area (Å²) in [6.45, 7) is 9.97. The maximum Gasteiger partial charge on any atom is 0.189 e. The van der Waals surface area contributed by atoms with E-state index in [9.17, 15) is 4.80 Å². The Morgan fingerprint density at radius 2 is 1.88 bits per heavy atom. The van der Waals surface area contributed by atoms with Gasteiger partial charge in [-0.3, -0.25) is 0 Å². The summed E-state index contributed by atoms with van der Waals surface area (Å²) in [4.78, 5) is 10.3. The molecule has 0 aliphatic rings. The van der Waals surface area contributed by atoms with E-state index in [1.54, 1.807) is 0 Å². The third kappa shape index (κ3) is 3.32. The fourth-order valence-corrected chi connectivity index (χ4v) is 4.08. The van der Waals surface area contributed by atoms with Gasteiger partial charge in [-0.15, -0.1) is 0 Å². The highest BCUT2D eigenvalue weighted by Crippen LogP contribution is 2.29. The summed E-state index contributed by atoms with van der Waals surface area (Å²) in [6.07, 6.45) is 4.04. The lowest BCUT2D eigenvalue weighted by Crippen LogP contribution is -2.35. The lowest BCUT2D eigenvalue weighted by atomic mass is 10.1. The highest BCUT2D eigenvalue weighted by Gasteiger charge is 2.30. The molecule has 0 spiro atoms. The fourth-order valence-electron chi connectivity index (χ4n) is 2.08. The molecule has 0 radical (unpaired) electrons.